The summed E-state index contributed by atoms with van der Waals surface area (Å²) in [6.45, 7) is 3.98. The quantitative estimate of drug-likeness (QED) is 0.129. The number of rotatable bonds is 11. The maximum absolute atomic E-state index is 3.98. The molecule has 10 rings (SSSR count). The van der Waals surface area contributed by atoms with Crippen LogP contribution in [0.25, 0.3) is 61.4 Å². The zero-order valence-corrected chi connectivity index (χ0v) is 34.4. The summed E-state index contributed by atoms with van der Waals surface area (Å²) in [5.41, 5.74) is 17.2. The minimum Gasteiger partial charge on any atom is -0.311 e. The zero-order chi connectivity index (χ0) is 41.7. The van der Waals surface area contributed by atoms with Crippen LogP contribution in [0.15, 0.2) is 255 Å². The van der Waals surface area contributed by atoms with Crippen molar-refractivity contribution in [1.29, 1.82) is 0 Å². The van der Waals surface area contributed by atoms with Gasteiger partial charge in [0.2, 0.25) is 0 Å². The molecule has 0 aromatic heterocycles. The number of benzene rings is 10. The highest BCUT2D eigenvalue weighted by Gasteiger charge is 2.16. The summed E-state index contributed by atoms with van der Waals surface area (Å²) in [4.78, 5) is 4.65. The molecular weight excluding hydrogens is 749 g/mol. The van der Waals surface area contributed by atoms with E-state index in [4.69, 9.17) is 0 Å². The highest BCUT2D eigenvalue weighted by atomic mass is 15.1. The third-order valence-corrected chi connectivity index (χ3v) is 11.7. The summed E-state index contributed by atoms with van der Waals surface area (Å²) in [7, 11) is 0. The van der Waals surface area contributed by atoms with Crippen LogP contribution in [0.5, 0.6) is 0 Å². The van der Waals surface area contributed by atoms with Gasteiger partial charge < -0.3 is 9.80 Å². The molecule has 10 aromatic carbocycles. The molecule has 0 saturated carbocycles. The highest BCUT2D eigenvalue weighted by Crippen LogP contribution is 2.40. The van der Waals surface area contributed by atoms with Crippen molar-refractivity contribution in [2.24, 2.45) is 0 Å². The summed E-state index contributed by atoms with van der Waals surface area (Å²) in [5, 5.41) is 2.50. The first kappa shape index (κ1) is 38.0. The van der Waals surface area contributed by atoms with Crippen molar-refractivity contribution in [3.63, 3.8) is 0 Å². The lowest BCUT2D eigenvalue weighted by atomic mass is 9.98. The zero-order valence-electron chi connectivity index (χ0n) is 34.4. The molecule has 0 bridgehead atoms. The summed E-state index contributed by atoms with van der Waals surface area (Å²) in [6, 6.07) is 89.2. The van der Waals surface area contributed by atoms with Crippen LogP contribution in [0.2, 0.25) is 0 Å². The highest BCUT2D eigenvalue weighted by molar-refractivity contribution is 5.97. The van der Waals surface area contributed by atoms with Gasteiger partial charge in [-0.15, -0.1) is 0 Å². The largest absolute Gasteiger partial charge is 0.311 e. The maximum Gasteiger partial charge on any atom is 0.0462 e. The van der Waals surface area contributed by atoms with Crippen LogP contribution in [0.3, 0.4) is 0 Å². The Bertz CT molecular complexity index is 2980. The van der Waals surface area contributed by atoms with Crippen molar-refractivity contribution in [3.05, 3.63) is 261 Å². The number of anilines is 6. The summed E-state index contributed by atoms with van der Waals surface area (Å²) < 4.78 is 0. The van der Waals surface area contributed by atoms with E-state index in [-0.39, 0.29) is 0 Å². The summed E-state index contributed by atoms with van der Waals surface area (Å²) >= 11 is 0. The molecule has 2 nitrogen and oxygen atoms in total. The fourth-order valence-electron chi connectivity index (χ4n) is 8.39. The molecule has 0 saturated heterocycles. The molecule has 0 N–H and O–H groups in total. The molecule has 0 aliphatic carbocycles. The molecule has 0 amide bonds. The van der Waals surface area contributed by atoms with Crippen molar-refractivity contribution >= 4 is 51.0 Å². The Kier molecular flexibility index (Phi) is 10.5. The third-order valence-electron chi connectivity index (χ3n) is 11.7. The van der Waals surface area contributed by atoms with Gasteiger partial charge in [-0.2, -0.15) is 0 Å². The SMILES string of the molecule is C=Cc1ccc(N(c2ccc(-c3ccc(N(c4ccc(-c5ccccc5)cc4)c4ccc(-c5ccccc5)cc4)cc3)cc2)c2ccc(-c3cccc4ccccc34)cc2)cc1. The minimum atomic E-state index is 1.08. The molecule has 0 heterocycles. The third kappa shape index (κ3) is 7.81. The molecule has 0 aliphatic heterocycles. The molecule has 0 unspecified atom stereocenters. The van der Waals surface area contributed by atoms with Gasteiger partial charge in [-0.1, -0.05) is 189 Å². The van der Waals surface area contributed by atoms with E-state index < -0.39 is 0 Å². The van der Waals surface area contributed by atoms with Crippen molar-refractivity contribution < 1.29 is 0 Å². The molecule has 0 atom stereocenters. The van der Waals surface area contributed by atoms with Crippen LogP contribution >= 0.6 is 0 Å². The van der Waals surface area contributed by atoms with Gasteiger partial charge in [-0.05, 0) is 134 Å². The first-order valence-corrected chi connectivity index (χ1v) is 21.1. The normalized spacial score (nSPS) is 11.0. The summed E-state index contributed by atoms with van der Waals surface area (Å²) in [6.07, 6.45) is 1.88. The average Bonchev–Trinajstić information content (AvgIpc) is 3.36. The van der Waals surface area contributed by atoms with E-state index in [1.807, 2.05) is 6.08 Å². The van der Waals surface area contributed by atoms with Gasteiger partial charge in [-0.25, -0.2) is 0 Å². The molecule has 0 aliphatic rings. The fourth-order valence-corrected chi connectivity index (χ4v) is 8.39. The van der Waals surface area contributed by atoms with Gasteiger partial charge in [0, 0.05) is 34.1 Å². The van der Waals surface area contributed by atoms with Gasteiger partial charge >= 0.3 is 0 Å². The number of fused-ring (bicyclic) bond motifs is 1. The average molecular weight is 793 g/mol. The topological polar surface area (TPSA) is 6.48 Å². The van der Waals surface area contributed by atoms with Crippen LogP contribution in [0.4, 0.5) is 34.1 Å². The molecule has 0 radical (unpaired) electrons. The van der Waals surface area contributed by atoms with Gasteiger partial charge in [0.15, 0.2) is 0 Å². The Morgan fingerprint density at radius 2 is 0.565 bits per heavy atom. The van der Waals surface area contributed by atoms with Gasteiger partial charge in [0.25, 0.3) is 0 Å². The smallest absolute Gasteiger partial charge is 0.0462 e. The standard InChI is InChI=1S/C60H44N2/c1-2-44-20-32-53(33-21-44)61(58-42-30-52(31-43-58)60-19-11-17-51-16-9-10-18-59(51)60)54-38-26-49(27-39-54)50-28-40-57(41-29-50)62(55-34-22-47(23-35-55)45-12-5-3-6-13-45)56-36-24-48(25-37-56)46-14-7-4-8-15-46/h2-43H,1H2. The van der Waals surface area contributed by atoms with Crippen molar-refractivity contribution in [2.75, 3.05) is 9.80 Å². The molecule has 10 aromatic rings. The van der Waals surface area contributed by atoms with Crippen LogP contribution in [-0.4, -0.2) is 0 Å². The molecule has 294 valence electrons. The molecular formula is C60H44N2. The van der Waals surface area contributed by atoms with E-state index >= 15 is 0 Å². The number of hydrogen-bond acceptors (Lipinski definition) is 2. The first-order valence-electron chi connectivity index (χ1n) is 21.1. The van der Waals surface area contributed by atoms with Crippen molar-refractivity contribution in [1.82, 2.24) is 0 Å². The van der Waals surface area contributed by atoms with E-state index in [0.717, 1.165) is 50.8 Å². The van der Waals surface area contributed by atoms with E-state index in [9.17, 15) is 0 Å². The Balaban J connectivity index is 0.958. The molecule has 2 heteroatoms. The van der Waals surface area contributed by atoms with Gasteiger partial charge in [-0.3, -0.25) is 0 Å². The summed E-state index contributed by atoms with van der Waals surface area (Å²) in [5.74, 6) is 0. The molecule has 0 spiro atoms. The van der Waals surface area contributed by atoms with Gasteiger partial charge in [0.1, 0.15) is 0 Å². The van der Waals surface area contributed by atoms with Crippen molar-refractivity contribution in [2.45, 2.75) is 0 Å². The first-order chi connectivity index (χ1) is 30.7. The second-order valence-electron chi connectivity index (χ2n) is 15.5. The Labute approximate surface area is 364 Å². The Hall–Kier alpha value is -8.20. The monoisotopic (exact) mass is 792 g/mol. The lowest BCUT2D eigenvalue weighted by Crippen LogP contribution is -2.10. The second-order valence-corrected chi connectivity index (χ2v) is 15.5. The molecule has 62 heavy (non-hydrogen) atoms. The maximum atomic E-state index is 3.98. The van der Waals surface area contributed by atoms with Crippen LogP contribution in [0.1, 0.15) is 5.56 Å². The van der Waals surface area contributed by atoms with Crippen LogP contribution in [0, 0.1) is 0 Å². The lowest BCUT2D eigenvalue weighted by molar-refractivity contribution is 1.28. The van der Waals surface area contributed by atoms with Crippen LogP contribution < -0.4 is 9.80 Å². The number of hydrogen-bond donors (Lipinski definition) is 0. The number of nitrogens with zero attached hydrogens (tertiary/aromatic N) is 2. The van der Waals surface area contributed by atoms with E-state index in [1.165, 1.54) is 44.2 Å². The Morgan fingerprint density at radius 3 is 0.952 bits per heavy atom. The van der Waals surface area contributed by atoms with Crippen molar-refractivity contribution in [3.8, 4) is 44.5 Å². The predicted molar refractivity (Wildman–Crippen MR) is 265 cm³/mol. The fraction of sp³-hybridized carbons (Fsp3) is 0. The van der Waals surface area contributed by atoms with E-state index in [1.54, 1.807) is 0 Å². The Morgan fingerprint density at radius 1 is 0.258 bits per heavy atom. The van der Waals surface area contributed by atoms with E-state index in [2.05, 4.69) is 265 Å². The van der Waals surface area contributed by atoms with Gasteiger partial charge in [0.05, 0.1) is 0 Å². The minimum absolute atomic E-state index is 1.08. The molecule has 0 fully saturated rings. The predicted octanol–water partition coefficient (Wildman–Crippen LogP) is 17.1. The van der Waals surface area contributed by atoms with E-state index in [0.29, 0.717) is 0 Å². The van der Waals surface area contributed by atoms with Crippen LogP contribution in [-0.2, 0) is 0 Å². The lowest BCUT2D eigenvalue weighted by Gasteiger charge is -2.27. The second kappa shape index (κ2) is 17.2.